The molecular formula is C29H27ClN4O. The molecular weight excluding hydrogens is 456 g/mol. The van der Waals surface area contributed by atoms with Crippen LogP contribution < -0.4 is 10.5 Å². The Bertz CT molecular complexity index is 1370. The summed E-state index contributed by atoms with van der Waals surface area (Å²) in [4.78, 5) is 0. The normalized spacial score (nSPS) is 20.7. The zero-order valence-electron chi connectivity index (χ0n) is 20.2. The highest BCUT2D eigenvalue weighted by molar-refractivity contribution is 6.30. The minimum absolute atomic E-state index is 0.0647. The number of hydrogen-bond acceptors (Lipinski definition) is 5. The highest BCUT2D eigenvalue weighted by Gasteiger charge is 2.54. The maximum absolute atomic E-state index is 10.3. The molecule has 0 unspecified atom stereocenters. The van der Waals surface area contributed by atoms with Gasteiger partial charge in [0.2, 0.25) is 0 Å². The second-order valence-corrected chi connectivity index (χ2v) is 9.88. The summed E-state index contributed by atoms with van der Waals surface area (Å²) in [5, 5.41) is 31.2. The smallest absolute Gasteiger partial charge is 0.191 e. The van der Waals surface area contributed by atoms with Crippen molar-refractivity contribution < 1.29 is 4.74 Å². The van der Waals surface area contributed by atoms with Crippen LogP contribution in [0.4, 0.5) is 0 Å². The average molecular weight is 483 g/mol. The number of aryl methyl sites for hydroxylation is 2. The van der Waals surface area contributed by atoms with Crippen LogP contribution in [0.15, 0.2) is 53.3 Å². The fourth-order valence-electron chi connectivity index (χ4n) is 5.58. The van der Waals surface area contributed by atoms with Crippen molar-refractivity contribution in [2.75, 3.05) is 0 Å². The van der Waals surface area contributed by atoms with Crippen LogP contribution in [0.5, 0.6) is 5.75 Å². The molecule has 2 N–H and O–H groups in total. The molecule has 5 nitrogen and oxygen atoms in total. The molecule has 0 amide bonds. The van der Waals surface area contributed by atoms with E-state index in [1.807, 2.05) is 32.9 Å². The second-order valence-electron chi connectivity index (χ2n) is 9.44. The number of nitriles is 3. The van der Waals surface area contributed by atoms with Crippen LogP contribution in [-0.2, 0) is 6.61 Å². The SMILES string of the molecule is Cc1cc(COc2ccc(Cl)cc2C)c(C)c([C@H]2[C@@H]3CCCC=C3C(C#N)=C(N)C2(C#N)C#N)c1. The van der Waals surface area contributed by atoms with Crippen LogP contribution in [0.2, 0.25) is 5.02 Å². The van der Waals surface area contributed by atoms with Crippen molar-refractivity contribution in [2.24, 2.45) is 17.1 Å². The Morgan fingerprint density at radius 1 is 1.11 bits per heavy atom. The summed E-state index contributed by atoms with van der Waals surface area (Å²) >= 11 is 6.08. The fourth-order valence-corrected chi connectivity index (χ4v) is 5.81. The first kappa shape index (κ1) is 24.4. The first-order valence-corrected chi connectivity index (χ1v) is 12.1. The van der Waals surface area contributed by atoms with Crippen LogP contribution in [0.3, 0.4) is 0 Å². The average Bonchev–Trinajstić information content (AvgIpc) is 2.85. The molecule has 4 rings (SSSR count). The van der Waals surface area contributed by atoms with Crippen LogP contribution in [0, 0.1) is 66.1 Å². The molecule has 0 spiro atoms. The Balaban J connectivity index is 1.85. The van der Waals surface area contributed by atoms with Gasteiger partial charge in [-0.1, -0.05) is 35.4 Å². The number of halogens is 1. The molecule has 0 saturated carbocycles. The number of fused-ring (bicyclic) bond motifs is 1. The summed E-state index contributed by atoms with van der Waals surface area (Å²) in [6.07, 6.45) is 4.65. The van der Waals surface area contributed by atoms with E-state index in [1.165, 1.54) is 0 Å². The van der Waals surface area contributed by atoms with Crippen molar-refractivity contribution in [2.45, 2.75) is 52.6 Å². The lowest BCUT2D eigenvalue weighted by atomic mass is 9.56. The van der Waals surface area contributed by atoms with Gasteiger partial charge in [-0.25, -0.2) is 0 Å². The summed E-state index contributed by atoms with van der Waals surface area (Å²) < 4.78 is 6.15. The summed E-state index contributed by atoms with van der Waals surface area (Å²) in [7, 11) is 0. The lowest BCUT2D eigenvalue weighted by Crippen LogP contribution is -2.43. The van der Waals surface area contributed by atoms with E-state index >= 15 is 0 Å². The highest BCUT2D eigenvalue weighted by atomic mass is 35.5. The van der Waals surface area contributed by atoms with E-state index in [0.29, 0.717) is 17.2 Å². The van der Waals surface area contributed by atoms with E-state index in [2.05, 4.69) is 36.4 Å². The summed E-state index contributed by atoms with van der Waals surface area (Å²) in [6, 6.07) is 16.3. The predicted molar refractivity (Wildman–Crippen MR) is 135 cm³/mol. The van der Waals surface area contributed by atoms with Gasteiger partial charge in [0.1, 0.15) is 18.4 Å². The van der Waals surface area contributed by atoms with Gasteiger partial charge in [0, 0.05) is 10.9 Å². The standard InChI is InChI=1S/C29H27ClN4O/c1-17-10-20(14-35-26-9-8-21(30)12-18(26)2)19(3)24(11-17)27-23-7-5-4-6-22(23)25(13-31)28(34)29(27,15-32)16-33/h6,8-12,23,27H,4-5,7,14,34H2,1-3H3/t23-,27-/m1/s1. The van der Waals surface area contributed by atoms with E-state index in [4.69, 9.17) is 22.1 Å². The molecule has 2 aliphatic rings. The zero-order valence-corrected chi connectivity index (χ0v) is 20.9. The molecule has 35 heavy (non-hydrogen) atoms. The molecule has 0 fully saturated rings. The van der Waals surface area contributed by atoms with Gasteiger partial charge in [0.05, 0.1) is 23.4 Å². The van der Waals surface area contributed by atoms with Crippen molar-refractivity contribution in [3.63, 3.8) is 0 Å². The van der Waals surface area contributed by atoms with E-state index in [1.54, 1.807) is 6.07 Å². The van der Waals surface area contributed by atoms with E-state index in [9.17, 15) is 15.8 Å². The van der Waals surface area contributed by atoms with Gasteiger partial charge in [-0.05, 0) is 92.0 Å². The first-order chi connectivity index (χ1) is 16.8. The molecule has 0 bridgehead atoms. The Labute approximate surface area is 211 Å². The molecule has 6 heteroatoms. The number of ether oxygens (including phenoxy) is 1. The molecule has 2 atom stereocenters. The largest absolute Gasteiger partial charge is 0.489 e. The van der Waals surface area contributed by atoms with Gasteiger partial charge >= 0.3 is 0 Å². The quantitative estimate of drug-likeness (QED) is 0.539. The van der Waals surface area contributed by atoms with Gasteiger partial charge < -0.3 is 10.5 Å². The Morgan fingerprint density at radius 3 is 2.51 bits per heavy atom. The number of allylic oxidation sites excluding steroid dienone is 4. The number of rotatable bonds is 4. The summed E-state index contributed by atoms with van der Waals surface area (Å²) in [5.41, 5.74) is 10.9. The van der Waals surface area contributed by atoms with E-state index in [-0.39, 0.29) is 11.6 Å². The van der Waals surface area contributed by atoms with Gasteiger partial charge in [-0.15, -0.1) is 0 Å². The number of nitrogens with two attached hydrogens (primary N) is 1. The van der Waals surface area contributed by atoms with Crippen LogP contribution >= 0.6 is 11.6 Å². The topological polar surface area (TPSA) is 107 Å². The predicted octanol–water partition coefficient (Wildman–Crippen LogP) is 6.44. The van der Waals surface area contributed by atoms with Gasteiger partial charge in [0.25, 0.3) is 0 Å². The maximum Gasteiger partial charge on any atom is 0.191 e. The summed E-state index contributed by atoms with van der Waals surface area (Å²) in [5.74, 6) is 0.149. The minimum atomic E-state index is -1.62. The molecule has 0 aromatic heterocycles. The third-order valence-corrected chi connectivity index (χ3v) is 7.59. The molecule has 2 aliphatic carbocycles. The van der Waals surface area contributed by atoms with Crippen molar-refractivity contribution in [3.8, 4) is 24.0 Å². The highest BCUT2D eigenvalue weighted by Crippen LogP contribution is 2.56. The first-order valence-electron chi connectivity index (χ1n) is 11.7. The Morgan fingerprint density at radius 2 is 1.86 bits per heavy atom. The lowest BCUT2D eigenvalue weighted by molar-refractivity contribution is 0.299. The monoisotopic (exact) mass is 482 g/mol. The van der Waals surface area contributed by atoms with Crippen LogP contribution in [-0.4, -0.2) is 0 Å². The Kier molecular flexibility index (Phi) is 6.62. The summed E-state index contributed by atoms with van der Waals surface area (Å²) in [6.45, 7) is 6.29. The molecule has 2 aromatic carbocycles. The number of hydrogen-bond donors (Lipinski definition) is 1. The number of benzene rings is 2. The number of nitrogens with zero attached hydrogens (tertiary/aromatic N) is 3. The molecule has 0 heterocycles. The maximum atomic E-state index is 10.3. The van der Waals surface area contributed by atoms with E-state index in [0.717, 1.165) is 58.4 Å². The van der Waals surface area contributed by atoms with Crippen LogP contribution in [0.1, 0.15) is 53.0 Å². The second kappa shape index (κ2) is 9.50. The molecule has 176 valence electrons. The Hall–Kier alpha value is -3.72. The molecule has 0 saturated heterocycles. The van der Waals surface area contributed by atoms with Gasteiger partial charge in [-0.2, -0.15) is 15.8 Å². The third-order valence-electron chi connectivity index (χ3n) is 7.35. The van der Waals surface area contributed by atoms with Crippen molar-refractivity contribution in [3.05, 3.63) is 86.1 Å². The van der Waals surface area contributed by atoms with Crippen molar-refractivity contribution in [1.82, 2.24) is 0 Å². The van der Waals surface area contributed by atoms with Gasteiger partial charge in [0.15, 0.2) is 5.41 Å². The lowest BCUT2D eigenvalue weighted by Gasteiger charge is -2.44. The molecule has 0 aliphatic heterocycles. The molecule has 0 radical (unpaired) electrons. The fraction of sp³-hybridized carbons (Fsp3) is 0.345. The zero-order chi connectivity index (χ0) is 25.3. The van der Waals surface area contributed by atoms with Crippen molar-refractivity contribution in [1.29, 1.82) is 15.8 Å². The van der Waals surface area contributed by atoms with Gasteiger partial charge in [-0.3, -0.25) is 0 Å². The minimum Gasteiger partial charge on any atom is -0.489 e. The van der Waals surface area contributed by atoms with Crippen LogP contribution in [0.25, 0.3) is 0 Å². The molecule has 2 aromatic rings. The van der Waals surface area contributed by atoms with E-state index < -0.39 is 11.3 Å². The third kappa shape index (κ3) is 4.05. The van der Waals surface area contributed by atoms with Crippen molar-refractivity contribution >= 4 is 11.6 Å².